The van der Waals surface area contributed by atoms with Crippen LogP contribution in [0.3, 0.4) is 0 Å². The van der Waals surface area contributed by atoms with E-state index >= 15 is 0 Å². The Morgan fingerprint density at radius 1 is 0.388 bits per heavy atom. The van der Waals surface area contributed by atoms with E-state index in [-0.39, 0.29) is 25.6 Å². The summed E-state index contributed by atoms with van der Waals surface area (Å²) < 4.78 is 34.7. The molecule has 2 unspecified atom stereocenters. The van der Waals surface area contributed by atoms with E-state index in [2.05, 4.69) is 50.3 Å². The highest BCUT2D eigenvalue weighted by Gasteiger charge is 2.27. The predicted molar refractivity (Wildman–Crippen MR) is 344 cm³/mol. The molecule has 0 aromatic heterocycles. The lowest BCUT2D eigenvalue weighted by Crippen LogP contribution is -2.37. The number of esters is 2. The maximum Gasteiger partial charge on any atom is 0.472 e. The van der Waals surface area contributed by atoms with Crippen LogP contribution in [0.4, 0.5) is 0 Å². The molecule has 0 saturated carbocycles. The maximum atomic E-state index is 12.9. The number of phosphoric acid groups is 1. The van der Waals surface area contributed by atoms with Gasteiger partial charge in [0.05, 0.1) is 27.7 Å². The van der Waals surface area contributed by atoms with Crippen LogP contribution in [0.5, 0.6) is 0 Å². The Hall–Kier alpha value is -1.77. The molecule has 0 fully saturated rings. The molecule has 0 amide bonds. The van der Waals surface area contributed by atoms with E-state index in [0.29, 0.717) is 23.9 Å². The Morgan fingerprint density at radius 2 is 0.675 bits per heavy atom. The molecule has 2 atom stereocenters. The fourth-order valence-electron chi connectivity index (χ4n) is 10.3. The summed E-state index contributed by atoms with van der Waals surface area (Å²) in [6.45, 7) is 4.49. The molecular weight excluding hydrogens is 1010 g/mol. The third kappa shape index (κ3) is 65.4. The van der Waals surface area contributed by atoms with Crippen molar-refractivity contribution in [1.82, 2.24) is 0 Å². The zero-order chi connectivity index (χ0) is 58.4. The van der Waals surface area contributed by atoms with E-state index in [1.54, 1.807) is 0 Å². The Morgan fingerprint density at radius 3 is 1.00 bits per heavy atom. The van der Waals surface area contributed by atoms with Crippen molar-refractivity contribution in [3.05, 3.63) is 36.5 Å². The second-order valence-electron chi connectivity index (χ2n) is 24.9. The third-order valence-corrected chi connectivity index (χ3v) is 16.7. The first-order valence-electron chi connectivity index (χ1n) is 34.7. The van der Waals surface area contributed by atoms with Crippen molar-refractivity contribution in [2.75, 3.05) is 47.5 Å². The highest BCUT2D eigenvalue weighted by Crippen LogP contribution is 2.43. The fraction of sp³-hybridized carbons (Fsp3) is 0.886. The number of phosphoric ester groups is 1. The van der Waals surface area contributed by atoms with Crippen LogP contribution in [0.25, 0.3) is 0 Å². The minimum absolute atomic E-state index is 0.0353. The largest absolute Gasteiger partial charge is 0.472 e. The van der Waals surface area contributed by atoms with E-state index < -0.39 is 26.5 Å². The van der Waals surface area contributed by atoms with Gasteiger partial charge in [0.25, 0.3) is 0 Å². The normalized spacial score (nSPS) is 13.3. The lowest BCUT2D eigenvalue weighted by molar-refractivity contribution is -0.870. The predicted octanol–water partition coefficient (Wildman–Crippen LogP) is 22.3. The molecule has 10 heteroatoms. The summed E-state index contributed by atoms with van der Waals surface area (Å²) in [4.78, 5) is 35.8. The van der Waals surface area contributed by atoms with Crippen LogP contribution in [0.15, 0.2) is 36.5 Å². The van der Waals surface area contributed by atoms with Crippen molar-refractivity contribution in [2.45, 2.75) is 354 Å². The average Bonchev–Trinajstić information content (AvgIpc) is 3.42. The molecule has 0 saturated heterocycles. The van der Waals surface area contributed by atoms with E-state index in [1.807, 2.05) is 21.1 Å². The smallest absolute Gasteiger partial charge is 0.462 e. The van der Waals surface area contributed by atoms with E-state index in [4.69, 9.17) is 18.5 Å². The third-order valence-electron chi connectivity index (χ3n) is 15.7. The molecule has 0 rings (SSSR count). The number of nitrogens with zero attached hydrogens (tertiary/aromatic N) is 1. The molecule has 0 aliphatic rings. The summed E-state index contributed by atoms with van der Waals surface area (Å²) in [5, 5.41) is 0. The highest BCUT2D eigenvalue weighted by molar-refractivity contribution is 7.47. The molecule has 1 N–H and O–H groups in total. The van der Waals surface area contributed by atoms with Crippen LogP contribution in [-0.4, -0.2) is 74.9 Å². The molecule has 9 nitrogen and oxygen atoms in total. The van der Waals surface area contributed by atoms with Crippen molar-refractivity contribution in [3.63, 3.8) is 0 Å². The molecule has 0 spiro atoms. The molecular formula is C70H135NO8P+. The van der Waals surface area contributed by atoms with Crippen LogP contribution < -0.4 is 0 Å². The van der Waals surface area contributed by atoms with Gasteiger partial charge in [0.15, 0.2) is 6.10 Å². The van der Waals surface area contributed by atoms with Gasteiger partial charge in [-0.15, -0.1) is 0 Å². The summed E-state index contributed by atoms with van der Waals surface area (Å²) in [6, 6.07) is 0. The number of carbonyl (C=O) groups excluding carboxylic acids is 2. The number of unbranched alkanes of at least 4 members (excludes halogenated alkanes) is 45. The molecule has 0 aromatic rings. The standard InChI is InChI=1S/C70H134NO8P/c1-6-8-10-12-14-16-18-20-22-24-26-27-28-29-30-31-32-33-34-35-36-37-38-39-40-41-42-43-45-47-49-51-53-55-57-59-61-63-70(73)79-68(67-78-80(74,75)77-65-64-71(3,4)5)66-76-69(72)62-60-58-56-54-52-50-48-46-44-25-23-21-19-17-15-13-11-9-7-2/h18,20,24,26,28-29,68H,6-17,19,21-23,25,27,30-67H2,1-5H3/p+1/b20-18-,26-24-,29-28-. The summed E-state index contributed by atoms with van der Waals surface area (Å²) in [6.07, 6.45) is 78.3. The number of hydrogen-bond donors (Lipinski definition) is 1. The number of rotatable bonds is 65. The molecule has 0 aliphatic heterocycles. The van der Waals surface area contributed by atoms with Gasteiger partial charge in [0.2, 0.25) is 0 Å². The zero-order valence-corrected chi connectivity index (χ0v) is 54.7. The monoisotopic (exact) mass is 1150 g/mol. The molecule has 0 radical (unpaired) electrons. The van der Waals surface area contributed by atoms with Crippen LogP contribution in [0.1, 0.15) is 348 Å². The summed E-state index contributed by atoms with van der Waals surface area (Å²) in [5.41, 5.74) is 0. The zero-order valence-electron chi connectivity index (χ0n) is 53.8. The maximum absolute atomic E-state index is 12.9. The summed E-state index contributed by atoms with van der Waals surface area (Å²) in [7, 11) is 1.50. The molecule has 0 bridgehead atoms. The number of allylic oxidation sites excluding steroid dienone is 6. The quantitative estimate of drug-likeness (QED) is 0.0211. The Balaban J connectivity index is 3.94. The number of likely N-dealkylation sites (N-methyl/N-ethyl adjacent to an activating group) is 1. The molecule has 0 aromatic carbocycles. The molecule has 0 heterocycles. The Bertz CT molecular complexity index is 1440. The van der Waals surface area contributed by atoms with Gasteiger partial charge in [-0.25, -0.2) is 4.57 Å². The first kappa shape index (κ1) is 78.2. The highest BCUT2D eigenvalue weighted by atomic mass is 31.2. The number of carbonyl (C=O) groups is 2. The van der Waals surface area contributed by atoms with Crippen LogP contribution in [0.2, 0.25) is 0 Å². The summed E-state index contributed by atoms with van der Waals surface area (Å²) >= 11 is 0. The van der Waals surface area contributed by atoms with Gasteiger partial charge in [-0.3, -0.25) is 18.6 Å². The fourth-order valence-corrected chi connectivity index (χ4v) is 11.1. The average molecular weight is 1150 g/mol. The van der Waals surface area contributed by atoms with E-state index in [1.165, 1.54) is 270 Å². The molecule has 472 valence electrons. The van der Waals surface area contributed by atoms with Crippen molar-refractivity contribution < 1.29 is 42.1 Å². The van der Waals surface area contributed by atoms with Gasteiger partial charge in [-0.2, -0.15) is 0 Å². The minimum atomic E-state index is -4.38. The van der Waals surface area contributed by atoms with Crippen molar-refractivity contribution in [1.29, 1.82) is 0 Å². The van der Waals surface area contributed by atoms with Crippen molar-refractivity contribution in [2.24, 2.45) is 0 Å². The topological polar surface area (TPSA) is 108 Å². The van der Waals surface area contributed by atoms with Gasteiger partial charge in [-0.1, -0.05) is 320 Å². The molecule has 80 heavy (non-hydrogen) atoms. The Labute approximate surface area is 497 Å². The Kier molecular flexibility index (Phi) is 60.4. The van der Waals surface area contributed by atoms with Gasteiger partial charge in [0.1, 0.15) is 19.8 Å². The van der Waals surface area contributed by atoms with Gasteiger partial charge >= 0.3 is 19.8 Å². The lowest BCUT2D eigenvalue weighted by atomic mass is 10.0. The van der Waals surface area contributed by atoms with Gasteiger partial charge < -0.3 is 18.9 Å². The van der Waals surface area contributed by atoms with Gasteiger partial charge in [-0.05, 0) is 51.4 Å². The van der Waals surface area contributed by atoms with Crippen molar-refractivity contribution >= 4 is 19.8 Å². The first-order chi connectivity index (χ1) is 39.0. The lowest BCUT2D eigenvalue weighted by Gasteiger charge is -2.24. The van der Waals surface area contributed by atoms with E-state index in [0.717, 1.165) is 44.9 Å². The van der Waals surface area contributed by atoms with Gasteiger partial charge in [0, 0.05) is 12.8 Å². The van der Waals surface area contributed by atoms with Crippen LogP contribution in [0, 0.1) is 0 Å². The van der Waals surface area contributed by atoms with E-state index in [9.17, 15) is 19.0 Å². The van der Waals surface area contributed by atoms with Crippen LogP contribution in [-0.2, 0) is 32.7 Å². The van der Waals surface area contributed by atoms with Crippen molar-refractivity contribution in [3.8, 4) is 0 Å². The number of ether oxygens (including phenoxy) is 2. The second kappa shape index (κ2) is 61.8. The molecule has 0 aliphatic carbocycles. The number of quaternary nitrogens is 1. The first-order valence-corrected chi connectivity index (χ1v) is 36.2. The SMILES string of the molecule is CCCCCCC/C=C\C/C=C\C/C=C\CCCCCCCCCCCCCCCCCCCCCCCCC(=O)OC(COC(=O)CCCCCCCCCCCCCCCCCCCCC)COP(=O)(O)OCC[N+](C)(C)C. The second-order valence-corrected chi connectivity index (χ2v) is 26.4. The number of hydrogen-bond acceptors (Lipinski definition) is 7. The summed E-state index contributed by atoms with van der Waals surface area (Å²) in [5.74, 6) is -0.775. The minimum Gasteiger partial charge on any atom is -0.462 e. The van der Waals surface area contributed by atoms with Crippen LogP contribution >= 0.6 is 7.82 Å².